The summed E-state index contributed by atoms with van der Waals surface area (Å²) in [5, 5.41) is 0. The van der Waals surface area contributed by atoms with E-state index in [2.05, 4.69) is 0 Å². The minimum atomic E-state index is 0.0763. The first kappa shape index (κ1) is 9.93. The summed E-state index contributed by atoms with van der Waals surface area (Å²) in [6.07, 6.45) is 3.53. The second kappa shape index (κ2) is 4.28. The Kier molecular flexibility index (Phi) is 3.03. The highest BCUT2D eigenvalue weighted by Gasteiger charge is 2.35. The lowest BCUT2D eigenvalue weighted by Crippen LogP contribution is -2.45. The average molecular weight is 198 g/mol. The molecule has 0 radical (unpaired) electrons. The van der Waals surface area contributed by atoms with Gasteiger partial charge in [-0.2, -0.15) is 0 Å². The zero-order valence-electron chi connectivity index (χ0n) is 8.45. The number of amides is 1. The van der Waals surface area contributed by atoms with Crippen molar-refractivity contribution in [2.24, 2.45) is 11.7 Å². The summed E-state index contributed by atoms with van der Waals surface area (Å²) in [7, 11) is 0. The quantitative estimate of drug-likeness (QED) is 0.644. The Bertz CT molecular complexity index is 220. The number of carbonyl (C=O) groups is 1. The Morgan fingerprint density at radius 3 is 3.14 bits per heavy atom. The van der Waals surface area contributed by atoms with Gasteiger partial charge in [0.05, 0.1) is 19.8 Å². The molecule has 1 saturated heterocycles. The summed E-state index contributed by atoms with van der Waals surface area (Å²) in [6, 6.07) is 0.397. The molecule has 4 heteroatoms. The molecule has 0 aromatic heterocycles. The zero-order chi connectivity index (χ0) is 9.97. The van der Waals surface area contributed by atoms with Crippen LogP contribution >= 0.6 is 0 Å². The van der Waals surface area contributed by atoms with Gasteiger partial charge in [-0.05, 0) is 12.8 Å². The third-order valence-electron chi connectivity index (χ3n) is 3.32. The highest BCUT2D eigenvalue weighted by atomic mass is 16.5. The van der Waals surface area contributed by atoms with Gasteiger partial charge in [0.1, 0.15) is 0 Å². The molecule has 0 spiro atoms. The van der Waals surface area contributed by atoms with Crippen molar-refractivity contribution in [1.82, 2.24) is 4.90 Å². The molecule has 4 nitrogen and oxygen atoms in total. The van der Waals surface area contributed by atoms with Crippen molar-refractivity contribution in [3.05, 3.63) is 0 Å². The molecule has 80 valence electrons. The van der Waals surface area contributed by atoms with Gasteiger partial charge in [-0.1, -0.05) is 6.42 Å². The first-order valence-electron chi connectivity index (χ1n) is 5.40. The normalized spacial score (nSPS) is 32.5. The van der Waals surface area contributed by atoms with Crippen molar-refractivity contribution in [3.8, 4) is 0 Å². The third-order valence-corrected chi connectivity index (χ3v) is 3.32. The Hall–Kier alpha value is -0.610. The predicted octanol–water partition coefficient (Wildman–Crippen LogP) is -0.0274. The number of nitrogens with zero attached hydrogens (tertiary/aromatic N) is 1. The molecule has 1 aliphatic carbocycles. The fourth-order valence-corrected chi connectivity index (χ4v) is 2.61. The number of fused-ring (bicyclic) bond motifs is 1. The molecule has 1 saturated carbocycles. The molecular formula is C10H18N2O2. The Labute approximate surface area is 84.4 Å². The van der Waals surface area contributed by atoms with Crippen LogP contribution in [0.4, 0.5) is 0 Å². The fourth-order valence-electron chi connectivity index (χ4n) is 2.61. The molecule has 2 atom stereocenters. The molecule has 1 amide bonds. The highest BCUT2D eigenvalue weighted by molar-refractivity contribution is 5.78. The van der Waals surface area contributed by atoms with E-state index in [9.17, 15) is 4.79 Å². The van der Waals surface area contributed by atoms with Crippen molar-refractivity contribution in [3.63, 3.8) is 0 Å². The van der Waals surface area contributed by atoms with Gasteiger partial charge in [-0.3, -0.25) is 4.79 Å². The summed E-state index contributed by atoms with van der Waals surface area (Å²) in [4.78, 5) is 13.5. The van der Waals surface area contributed by atoms with Crippen molar-refractivity contribution < 1.29 is 9.53 Å². The second-order valence-electron chi connectivity index (χ2n) is 4.12. The van der Waals surface area contributed by atoms with Crippen LogP contribution in [-0.2, 0) is 9.53 Å². The molecule has 1 heterocycles. The second-order valence-corrected chi connectivity index (χ2v) is 4.12. The van der Waals surface area contributed by atoms with Crippen molar-refractivity contribution in [1.29, 1.82) is 0 Å². The molecule has 2 rings (SSSR count). The van der Waals surface area contributed by atoms with E-state index >= 15 is 0 Å². The summed E-state index contributed by atoms with van der Waals surface area (Å²) < 4.78 is 5.50. The molecule has 0 unspecified atom stereocenters. The van der Waals surface area contributed by atoms with Crippen molar-refractivity contribution in [2.75, 3.05) is 26.3 Å². The molecule has 2 aliphatic rings. The predicted molar refractivity (Wildman–Crippen MR) is 52.7 cm³/mol. The van der Waals surface area contributed by atoms with Gasteiger partial charge < -0.3 is 15.4 Å². The summed E-state index contributed by atoms with van der Waals surface area (Å²) in [5.41, 5.74) is 5.40. The lowest BCUT2D eigenvalue weighted by atomic mass is 10.0. The van der Waals surface area contributed by atoms with Crippen LogP contribution in [0.3, 0.4) is 0 Å². The van der Waals surface area contributed by atoms with Crippen LogP contribution in [0.25, 0.3) is 0 Å². The Morgan fingerprint density at radius 2 is 2.36 bits per heavy atom. The average Bonchev–Trinajstić information content (AvgIpc) is 2.57. The Balaban J connectivity index is 2.08. The van der Waals surface area contributed by atoms with E-state index in [0.717, 1.165) is 19.6 Å². The molecule has 2 fully saturated rings. The van der Waals surface area contributed by atoms with Gasteiger partial charge in [0.2, 0.25) is 5.91 Å². The molecule has 0 bridgehead atoms. The summed E-state index contributed by atoms with van der Waals surface area (Å²) in [6.45, 7) is 2.33. The minimum Gasteiger partial charge on any atom is -0.379 e. The SMILES string of the molecule is NCC(=O)N1CCOC[C@H]2CCC[C@@H]21. The fraction of sp³-hybridized carbons (Fsp3) is 0.900. The maximum atomic E-state index is 11.6. The molecule has 0 aromatic rings. The summed E-state index contributed by atoms with van der Waals surface area (Å²) >= 11 is 0. The van der Waals surface area contributed by atoms with Crippen molar-refractivity contribution in [2.45, 2.75) is 25.3 Å². The largest absolute Gasteiger partial charge is 0.379 e. The smallest absolute Gasteiger partial charge is 0.236 e. The molecule has 1 aliphatic heterocycles. The van der Waals surface area contributed by atoms with E-state index in [1.165, 1.54) is 12.8 Å². The van der Waals surface area contributed by atoms with E-state index < -0.39 is 0 Å². The van der Waals surface area contributed by atoms with Crippen LogP contribution in [0, 0.1) is 5.92 Å². The summed E-state index contributed by atoms with van der Waals surface area (Å²) in [5.74, 6) is 0.625. The number of carbonyl (C=O) groups excluding carboxylic acids is 1. The first-order chi connectivity index (χ1) is 6.83. The van der Waals surface area contributed by atoms with Crippen LogP contribution in [-0.4, -0.2) is 43.2 Å². The molecular weight excluding hydrogens is 180 g/mol. The molecule has 14 heavy (non-hydrogen) atoms. The highest BCUT2D eigenvalue weighted by Crippen LogP contribution is 2.31. The third kappa shape index (κ3) is 1.77. The van der Waals surface area contributed by atoms with E-state index in [-0.39, 0.29) is 12.5 Å². The Morgan fingerprint density at radius 1 is 1.50 bits per heavy atom. The minimum absolute atomic E-state index is 0.0763. The van der Waals surface area contributed by atoms with Crippen LogP contribution in [0.5, 0.6) is 0 Å². The number of hydrogen-bond donors (Lipinski definition) is 1. The number of rotatable bonds is 1. The van der Waals surface area contributed by atoms with Gasteiger partial charge in [-0.25, -0.2) is 0 Å². The van der Waals surface area contributed by atoms with E-state index in [4.69, 9.17) is 10.5 Å². The van der Waals surface area contributed by atoms with Crippen LogP contribution in [0.2, 0.25) is 0 Å². The molecule has 0 aromatic carbocycles. The lowest BCUT2D eigenvalue weighted by molar-refractivity contribution is -0.132. The standard InChI is InChI=1S/C10H18N2O2/c11-6-10(13)12-4-5-14-7-8-2-1-3-9(8)12/h8-9H,1-7,11H2/t8-,9+/m1/s1. The van der Waals surface area contributed by atoms with E-state index in [1.807, 2.05) is 4.90 Å². The van der Waals surface area contributed by atoms with Gasteiger partial charge in [0.25, 0.3) is 0 Å². The maximum Gasteiger partial charge on any atom is 0.236 e. The first-order valence-corrected chi connectivity index (χ1v) is 5.40. The van der Waals surface area contributed by atoms with E-state index in [0.29, 0.717) is 18.6 Å². The van der Waals surface area contributed by atoms with Gasteiger partial charge in [0, 0.05) is 18.5 Å². The van der Waals surface area contributed by atoms with E-state index in [1.54, 1.807) is 0 Å². The van der Waals surface area contributed by atoms with Gasteiger partial charge >= 0.3 is 0 Å². The van der Waals surface area contributed by atoms with Gasteiger partial charge in [0.15, 0.2) is 0 Å². The number of hydrogen-bond acceptors (Lipinski definition) is 3. The number of nitrogens with two attached hydrogens (primary N) is 1. The van der Waals surface area contributed by atoms with Crippen LogP contribution in [0.15, 0.2) is 0 Å². The number of ether oxygens (including phenoxy) is 1. The lowest BCUT2D eigenvalue weighted by Gasteiger charge is -2.29. The van der Waals surface area contributed by atoms with Crippen LogP contribution in [0.1, 0.15) is 19.3 Å². The zero-order valence-corrected chi connectivity index (χ0v) is 8.45. The van der Waals surface area contributed by atoms with Gasteiger partial charge in [-0.15, -0.1) is 0 Å². The van der Waals surface area contributed by atoms with Crippen molar-refractivity contribution >= 4 is 5.91 Å². The maximum absolute atomic E-state index is 11.6. The molecule has 2 N–H and O–H groups in total. The topological polar surface area (TPSA) is 55.6 Å². The monoisotopic (exact) mass is 198 g/mol. The van der Waals surface area contributed by atoms with Crippen LogP contribution < -0.4 is 5.73 Å².